The van der Waals surface area contributed by atoms with Crippen molar-refractivity contribution in [1.29, 1.82) is 0 Å². The summed E-state index contributed by atoms with van der Waals surface area (Å²) in [5, 5.41) is 0. The van der Waals surface area contributed by atoms with Crippen LogP contribution in [0.15, 0.2) is 49.1 Å². The molecule has 20 heavy (non-hydrogen) atoms. The smallest absolute Gasteiger partial charge is 0.168 e. The van der Waals surface area contributed by atoms with Gasteiger partial charge in [-0.2, -0.15) is 0 Å². The predicted molar refractivity (Wildman–Crippen MR) is 79.2 cm³/mol. The van der Waals surface area contributed by atoms with E-state index in [1.54, 1.807) is 0 Å². The second-order valence-corrected chi connectivity index (χ2v) is 6.14. The molecular weight excluding hydrogens is 244 g/mol. The van der Waals surface area contributed by atoms with Crippen molar-refractivity contribution >= 4 is 0 Å². The molecule has 2 heterocycles. The molecule has 0 aliphatic heterocycles. The van der Waals surface area contributed by atoms with E-state index in [4.69, 9.17) is 0 Å². The van der Waals surface area contributed by atoms with Crippen molar-refractivity contribution in [3.05, 3.63) is 60.2 Å². The molecule has 0 bridgehead atoms. The lowest BCUT2D eigenvalue weighted by molar-refractivity contribution is -0.671. The molecule has 1 aliphatic carbocycles. The van der Waals surface area contributed by atoms with E-state index >= 15 is 0 Å². The molecule has 0 unspecified atom stereocenters. The first-order valence-electron chi connectivity index (χ1n) is 7.63. The summed E-state index contributed by atoms with van der Waals surface area (Å²) in [5.74, 6) is 1.51. The van der Waals surface area contributed by atoms with E-state index in [2.05, 4.69) is 72.3 Å². The Morgan fingerprint density at radius 1 is 0.650 bits per heavy atom. The summed E-state index contributed by atoms with van der Waals surface area (Å²) < 4.78 is 4.22. The Morgan fingerprint density at radius 2 is 0.950 bits per heavy atom. The van der Waals surface area contributed by atoms with Gasteiger partial charge < -0.3 is 0 Å². The van der Waals surface area contributed by atoms with Crippen LogP contribution in [0.1, 0.15) is 48.6 Å². The summed E-state index contributed by atoms with van der Waals surface area (Å²) in [6, 6.07) is 9.14. The monoisotopic (exact) mass is 268 g/mol. The zero-order chi connectivity index (χ0) is 13.9. The van der Waals surface area contributed by atoms with E-state index in [0.29, 0.717) is 0 Å². The highest BCUT2D eigenvalue weighted by Crippen LogP contribution is 2.39. The topological polar surface area (TPSA) is 7.76 Å². The normalized spacial score (nSPS) is 22.7. The number of rotatable bonds is 2. The minimum Gasteiger partial charge on any atom is -0.208 e. The summed E-state index contributed by atoms with van der Waals surface area (Å²) in [7, 11) is 4.16. The minimum absolute atomic E-state index is 0.757. The Labute approximate surface area is 121 Å². The molecule has 2 aromatic heterocycles. The lowest BCUT2D eigenvalue weighted by Gasteiger charge is -2.28. The van der Waals surface area contributed by atoms with Crippen LogP contribution in [0, 0.1) is 0 Å². The van der Waals surface area contributed by atoms with Crippen molar-refractivity contribution in [2.45, 2.75) is 37.5 Å². The van der Waals surface area contributed by atoms with Gasteiger partial charge in [0, 0.05) is 24.3 Å². The van der Waals surface area contributed by atoms with Crippen LogP contribution in [-0.2, 0) is 14.1 Å². The first-order valence-corrected chi connectivity index (χ1v) is 7.63. The van der Waals surface area contributed by atoms with Crippen LogP contribution >= 0.6 is 0 Å². The molecule has 1 saturated carbocycles. The molecule has 0 atom stereocenters. The highest BCUT2D eigenvalue weighted by atomic mass is 14.9. The number of hydrogen-bond donors (Lipinski definition) is 0. The van der Waals surface area contributed by atoms with Gasteiger partial charge in [-0.05, 0) is 48.6 Å². The summed E-state index contributed by atoms with van der Waals surface area (Å²) in [4.78, 5) is 0. The molecule has 2 aromatic rings. The third kappa shape index (κ3) is 2.90. The maximum absolute atomic E-state index is 2.29. The molecule has 0 radical (unpaired) electrons. The second-order valence-electron chi connectivity index (χ2n) is 6.14. The molecule has 2 heteroatoms. The zero-order valence-electron chi connectivity index (χ0n) is 12.5. The van der Waals surface area contributed by atoms with Crippen LogP contribution in [0.25, 0.3) is 0 Å². The molecule has 0 spiro atoms. The summed E-state index contributed by atoms with van der Waals surface area (Å²) >= 11 is 0. The molecule has 0 aromatic carbocycles. The fourth-order valence-electron chi connectivity index (χ4n) is 3.33. The van der Waals surface area contributed by atoms with Crippen LogP contribution in [0.5, 0.6) is 0 Å². The Hall–Kier alpha value is -1.70. The number of aromatic nitrogens is 2. The molecular formula is C18H24N2+2. The highest BCUT2D eigenvalue weighted by molar-refractivity contribution is 5.19. The van der Waals surface area contributed by atoms with E-state index < -0.39 is 0 Å². The number of nitrogens with zero attached hydrogens (tertiary/aromatic N) is 2. The fraction of sp³-hybridized carbons (Fsp3) is 0.444. The van der Waals surface area contributed by atoms with Crippen LogP contribution in [0.2, 0.25) is 0 Å². The van der Waals surface area contributed by atoms with Gasteiger partial charge in [-0.25, -0.2) is 9.13 Å². The number of pyridine rings is 2. The van der Waals surface area contributed by atoms with Crippen molar-refractivity contribution in [1.82, 2.24) is 0 Å². The molecule has 1 fully saturated rings. The van der Waals surface area contributed by atoms with Crippen LogP contribution < -0.4 is 9.13 Å². The van der Waals surface area contributed by atoms with Gasteiger partial charge in [0.25, 0.3) is 0 Å². The van der Waals surface area contributed by atoms with E-state index in [1.165, 1.54) is 36.8 Å². The van der Waals surface area contributed by atoms with Gasteiger partial charge in [-0.3, -0.25) is 0 Å². The maximum Gasteiger partial charge on any atom is 0.168 e. The van der Waals surface area contributed by atoms with Crippen LogP contribution in [0.4, 0.5) is 0 Å². The lowest BCUT2D eigenvalue weighted by Crippen LogP contribution is -2.27. The molecule has 0 N–H and O–H groups in total. The standard InChI is InChI=1S/C18H24N2/c1-19-11-7-17(8-12-19)15-3-5-16(6-4-15)18-9-13-20(2)14-10-18/h7-16H,3-6H2,1-2H3/q+2. The average molecular weight is 268 g/mol. The lowest BCUT2D eigenvalue weighted by atomic mass is 9.76. The quantitative estimate of drug-likeness (QED) is 0.740. The van der Waals surface area contributed by atoms with Gasteiger partial charge in [-0.15, -0.1) is 0 Å². The summed E-state index contributed by atoms with van der Waals surface area (Å²) in [5.41, 5.74) is 3.03. The van der Waals surface area contributed by atoms with E-state index in [-0.39, 0.29) is 0 Å². The molecule has 1 aliphatic rings. The molecule has 2 nitrogen and oxygen atoms in total. The number of hydrogen-bond acceptors (Lipinski definition) is 0. The minimum atomic E-state index is 0.757. The molecule has 0 amide bonds. The summed E-state index contributed by atoms with van der Waals surface area (Å²) in [6.45, 7) is 0. The van der Waals surface area contributed by atoms with Crippen molar-refractivity contribution in [3.8, 4) is 0 Å². The molecule has 3 rings (SSSR count). The van der Waals surface area contributed by atoms with Gasteiger partial charge in [0.05, 0.1) is 0 Å². The van der Waals surface area contributed by atoms with Crippen molar-refractivity contribution in [2.24, 2.45) is 14.1 Å². The Kier molecular flexibility index (Phi) is 3.81. The van der Waals surface area contributed by atoms with Crippen molar-refractivity contribution in [3.63, 3.8) is 0 Å². The third-order valence-electron chi connectivity index (χ3n) is 4.68. The van der Waals surface area contributed by atoms with Gasteiger partial charge in [-0.1, -0.05) is 0 Å². The van der Waals surface area contributed by atoms with Crippen molar-refractivity contribution < 1.29 is 9.13 Å². The Bertz CT molecular complexity index is 495. The predicted octanol–water partition coefficient (Wildman–Crippen LogP) is 2.78. The van der Waals surface area contributed by atoms with Gasteiger partial charge in [0.15, 0.2) is 24.8 Å². The van der Waals surface area contributed by atoms with Gasteiger partial charge in [0.1, 0.15) is 14.1 Å². The van der Waals surface area contributed by atoms with Gasteiger partial charge >= 0.3 is 0 Å². The van der Waals surface area contributed by atoms with Gasteiger partial charge in [0.2, 0.25) is 0 Å². The van der Waals surface area contributed by atoms with E-state index in [0.717, 1.165) is 11.8 Å². The average Bonchev–Trinajstić information content (AvgIpc) is 2.49. The Balaban J connectivity index is 1.64. The van der Waals surface area contributed by atoms with Crippen LogP contribution in [0.3, 0.4) is 0 Å². The van der Waals surface area contributed by atoms with E-state index in [1.807, 2.05) is 0 Å². The first kappa shape index (κ1) is 13.3. The molecule has 104 valence electrons. The maximum atomic E-state index is 2.29. The first-order chi connectivity index (χ1) is 9.72. The Morgan fingerprint density at radius 3 is 1.25 bits per heavy atom. The highest BCUT2D eigenvalue weighted by Gasteiger charge is 2.24. The number of aryl methyl sites for hydroxylation is 2. The molecule has 0 saturated heterocycles. The second kappa shape index (κ2) is 5.74. The van der Waals surface area contributed by atoms with E-state index in [9.17, 15) is 0 Å². The van der Waals surface area contributed by atoms with Crippen molar-refractivity contribution in [2.75, 3.05) is 0 Å². The van der Waals surface area contributed by atoms with Crippen LogP contribution in [-0.4, -0.2) is 0 Å². The zero-order valence-corrected chi connectivity index (χ0v) is 12.5. The third-order valence-corrected chi connectivity index (χ3v) is 4.68. The summed E-state index contributed by atoms with van der Waals surface area (Å²) in [6.07, 6.45) is 13.9. The fourth-order valence-corrected chi connectivity index (χ4v) is 3.33. The SMILES string of the molecule is C[n+]1ccc(C2CCC(c3cc[n+](C)cc3)CC2)cc1. The largest absolute Gasteiger partial charge is 0.208 e.